The Bertz CT molecular complexity index is 6.00. The molecule has 0 spiro atoms. The van der Waals surface area contributed by atoms with E-state index in [1.807, 2.05) is 0 Å². The van der Waals surface area contributed by atoms with Crippen LogP contribution in [0.3, 0.4) is 0 Å². The summed E-state index contributed by atoms with van der Waals surface area (Å²) in [5.41, 5.74) is 0. The maximum absolute atomic E-state index is 8.06. The summed E-state index contributed by atoms with van der Waals surface area (Å²) in [6, 6.07) is 0. The fraction of sp³-hybridized carbons (Fsp3) is 0. The molecule has 0 aromatic rings. The Hall–Kier alpha value is 1.15. The van der Waals surface area contributed by atoms with Crippen molar-refractivity contribution in [3.05, 3.63) is 0 Å². The molecule has 0 heterocycles. The Morgan fingerprint density at radius 1 is 1.25 bits per heavy atom. The fourth-order valence-electron chi connectivity index (χ4n) is 0. The zero-order chi connectivity index (χ0) is 2.00. The molecule has 4 heteroatoms. The quantitative estimate of drug-likeness (QED) is 0.395. The van der Waals surface area contributed by atoms with Gasteiger partial charge in [-0.1, -0.05) is 0 Å². The zero-order valence-electron chi connectivity index (χ0n) is 1.97. The molecule has 1 atom stereocenters. The van der Waals surface area contributed by atoms with Gasteiger partial charge in [-0.15, -0.1) is 0 Å². The summed E-state index contributed by atoms with van der Waals surface area (Å²) < 4.78 is 8.06. The molecule has 28 valence electrons. The molecule has 4 heavy (non-hydrogen) atoms. The normalized spacial score (nSPS) is 1.00. The summed E-state index contributed by atoms with van der Waals surface area (Å²) in [5.74, 6) is 0. The van der Waals surface area contributed by atoms with E-state index in [0.29, 0.717) is 0 Å². The minimum Gasteiger partial charge on any atom is -0.279 e. The molecule has 0 radical (unpaired) electrons. The first-order valence-corrected chi connectivity index (χ1v) is 0.612. The van der Waals surface area contributed by atoms with Crippen LogP contribution in [0, 0.1) is 0 Å². The third-order valence-electron chi connectivity index (χ3n) is 0. The van der Waals surface area contributed by atoms with Crippen molar-refractivity contribution in [2.45, 2.75) is 0 Å². The first kappa shape index (κ1) is 19.2. The van der Waals surface area contributed by atoms with Gasteiger partial charge in [0.05, 0.1) is 0 Å². The second-order valence-corrected chi connectivity index (χ2v) is 0. The molecule has 0 fully saturated rings. The summed E-state index contributed by atoms with van der Waals surface area (Å²) in [4.78, 5) is 0. The summed E-state index contributed by atoms with van der Waals surface area (Å²) in [5, 5.41) is 0. The van der Waals surface area contributed by atoms with Gasteiger partial charge in [-0.2, -0.15) is 9.90 Å². The third kappa shape index (κ3) is 11.0. The number of rotatable bonds is 0. The van der Waals surface area contributed by atoms with Crippen molar-refractivity contribution in [3.8, 4) is 0 Å². The van der Waals surface area contributed by atoms with Gasteiger partial charge in [-0.3, -0.25) is 4.57 Å². The van der Waals surface area contributed by atoms with Crippen LogP contribution in [0.4, 0.5) is 0 Å². The van der Waals surface area contributed by atoms with Crippen molar-refractivity contribution < 1.29 is 24.0 Å². The first-order chi connectivity index (χ1) is 1.00. The topological polar surface area (TPSA) is 17.1 Å². The molecule has 0 aliphatic rings. The fourth-order valence-corrected chi connectivity index (χ4v) is 0. The molecule has 0 aromatic heterocycles. The van der Waals surface area contributed by atoms with Crippen LogP contribution in [0.2, 0.25) is 0 Å². The molecule has 0 rings (SSSR count). The van der Waals surface area contributed by atoms with E-state index < -0.39 is 0 Å². The van der Waals surface area contributed by atoms with E-state index in [1.165, 1.54) is 0 Å². The van der Waals surface area contributed by atoms with Crippen molar-refractivity contribution in [2.24, 2.45) is 0 Å². The average Bonchev–Trinajstić information content (AvgIpc) is 1.00. The molecule has 0 N–H and O–H groups in total. The van der Waals surface area contributed by atoms with Gasteiger partial charge in [-0.25, -0.2) is 0 Å². The molecule has 0 amide bonds. The van der Waals surface area contributed by atoms with Crippen LogP contribution in [0.5, 0.6) is 0 Å². The van der Waals surface area contributed by atoms with Crippen LogP contribution in [-0.2, 0) is 24.0 Å². The van der Waals surface area contributed by atoms with E-state index in [2.05, 4.69) is 0 Å². The average molecular weight is 183 g/mol. The van der Waals surface area contributed by atoms with E-state index in [0.717, 1.165) is 0 Å². The Morgan fingerprint density at radius 3 is 1.25 bits per heavy atom. The molecule has 0 aliphatic heterocycles. The molecule has 0 bridgehead atoms. The van der Waals surface area contributed by atoms with Gasteiger partial charge in [-0.05, 0) is 0 Å². The second kappa shape index (κ2) is 31.0. The van der Waals surface area contributed by atoms with Crippen LogP contribution >= 0.6 is 19.0 Å². The monoisotopic (exact) mass is 184 g/mol. The SMILES string of the molecule is O=P.P.[Ru]. The van der Waals surface area contributed by atoms with Crippen molar-refractivity contribution >= 4 is 19.0 Å². The predicted molar refractivity (Wildman–Crippen MR) is 20.1 cm³/mol. The van der Waals surface area contributed by atoms with Crippen LogP contribution in [0.25, 0.3) is 0 Å². The summed E-state index contributed by atoms with van der Waals surface area (Å²) in [6.07, 6.45) is 0. The first-order valence-electron chi connectivity index (χ1n) is 0.204. The van der Waals surface area contributed by atoms with Crippen molar-refractivity contribution in [1.29, 1.82) is 0 Å². The van der Waals surface area contributed by atoms with Gasteiger partial charge in [0.15, 0.2) is 0 Å². The van der Waals surface area contributed by atoms with Crippen LogP contribution < -0.4 is 0 Å². The maximum Gasteiger partial charge on any atom is 0.138 e. The maximum atomic E-state index is 8.06. The molecular weight excluding hydrogens is 179 g/mol. The van der Waals surface area contributed by atoms with Crippen LogP contribution in [-0.4, -0.2) is 0 Å². The summed E-state index contributed by atoms with van der Waals surface area (Å²) in [7, 11) is 1.72. The summed E-state index contributed by atoms with van der Waals surface area (Å²) >= 11 is 0. The van der Waals surface area contributed by atoms with Gasteiger partial charge < -0.3 is 0 Å². The smallest absolute Gasteiger partial charge is 0.138 e. The van der Waals surface area contributed by atoms with Crippen molar-refractivity contribution in [1.82, 2.24) is 0 Å². The second-order valence-electron chi connectivity index (χ2n) is 0. The van der Waals surface area contributed by atoms with E-state index >= 15 is 0 Å². The Kier molecular flexibility index (Phi) is 149. The predicted octanol–water partition coefficient (Wildman–Crippen LogP) is 0.530. The van der Waals surface area contributed by atoms with E-state index in [4.69, 9.17) is 4.57 Å². The minimum absolute atomic E-state index is 0. The summed E-state index contributed by atoms with van der Waals surface area (Å²) in [6.45, 7) is 0. The number of hydrogen-bond donors (Lipinski definition) is 0. The molecule has 0 saturated heterocycles. The Labute approximate surface area is 43.5 Å². The van der Waals surface area contributed by atoms with E-state index in [9.17, 15) is 0 Å². The van der Waals surface area contributed by atoms with E-state index in [-0.39, 0.29) is 29.4 Å². The standard InChI is InChI=1S/HOP.H3P.Ru/c1-2;;/h2H;1H3;. The minimum atomic E-state index is 0. The zero-order valence-corrected chi connectivity index (χ0v) is 6.12. The van der Waals surface area contributed by atoms with Crippen LogP contribution in [0.15, 0.2) is 0 Å². The van der Waals surface area contributed by atoms with Gasteiger partial charge in [0, 0.05) is 19.5 Å². The molecule has 0 aromatic carbocycles. The number of hydrogen-bond acceptors (Lipinski definition) is 1. The Morgan fingerprint density at radius 2 is 1.25 bits per heavy atom. The molecular formula is H4OP2Ru. The van der Waals surface area contributed by atoms with Gasteiger partial charge in [0.2, 0.25) is 0 Å². The van der Waals surface area contributed by atoms with Crippen molar-refractivity contribution in [2.75, 3.05) is 0 Å². The Balaban J connectivity index is -0.00000000500. The van der Waals surface area contributed by atoms with E-state index in [1.54, 1.807) is 9.12 Å². The van der Waals surface area contributed by atoms with Gasteiger partial charge in [0.25, 0.3) is 0 Å². The van der Waals surface area contributed by atoms with Crippen molar-refractivity contribution in [3.63, 3.8) is 0 Å². The largest absolute Gasteiger partial charge is 0.279 e. The molecule has 1 nitrogen and oxygen atoms in total. The molecule has 0 aliphatic carbocycles. The molecule has 0 saturated carbocycles. The van der Waals surface area contributed by atoms with Gasteiger partial charge in [0.1, 0.15) is 9.12 Å². The van der Waals surface area contributed by atoms with Crippen LogP contribution in [0.1, 0.15) is 0 Å². The molecule has 1 unspecified atom stereocenters. The third-order valence-corrected chi connectivity index (χ3v) is 0. The van der Waals surface area contributed by atoms with Gasteiger partial charge >= 0.3 is 0 Å².